The van der Waals surface area contributed by atoms with Crippen molar-refractivity contribution in [1.82, 2.24) is 0 Å². The fourth-order valence-electron chi connectivity index (χ4n) is 1.39. The summed E-state index contributed by atoms with van der Waals surface area (Å²) >= 11 is 0. The summed E-state index contributed by atoms with van der Waals surface area (Å²) in [5, 5.41) is 18.2. The third-order valence-corrected chi connectivity index (χ3v) is 4.08. The average molecular weight is 290 g/mol. The first kappa shape index (κ1) is 15.7. The van der Waals surface area contributed by atoms with Crippen LogP contribution in [0.3, 0.4) is 0 Å². The zero-order chi connectivity index (χ0) is 12.5. The van der Waals surface area contributed by atoms with Gasteiger partial charge in [0.05, 0.1) is 9.79 Å². The number of phenols is 2. The molecule has 0 spiro atoms. The quantitative estimate of drug-likeness (QED) is 0.699. The molecule has 6 heteroatoms. The molecular weight excluding hydrogens is 279 g/mol. The van der Waals surface area contributed by atoms with Crippen LogP contribution in [0.5, 0.6) is 11.5 Å². The van der Waals surface area contributed by atoms with Gasteiger partial charge in [-0.3, -0.25) is 0 Å². The van der Waals surface area contributed by atoms with Gasteiger partial charge in [-0.05, 0) is 48.5 Å². The van der Waals surface area contributed by atoms with Crippen molar-refractivity contribution in [3.63, 3.8) is 0 Å². The molecular formula is C12H11KO4S. The van der Waals surface area contributed by atoms with E-state index < -0.39 is 9.84 Å². The van der Waals surface area contributed by atoms with Crippen LogP contribution in [0.25, 0.3) is 0 Å². The van der Waals surface area contributed by atoms with Crippen molar-refractivity contribution in [2.24, 2.45) is 0 Å². The Morgan fingerprint density at radius 2 is 1.00 bits per heavy atom. The Hall–Kier alpha value is -0.374. The molecule has 18 heavy (non-hydrogen) atoms. The fourth-order valence-corrected chi connectivity index (χ4v) is 2.65. The van der Waals surface area contributed by atoms with E-state index in [4.69, 9.17) is 10.2 Å². The van der Waals surface area contributed by atoms with Crippen LogP contribution in [0, 0.1) is 0 Å². The molecule has 90 valence electrons. The number of sulfone groups is 1. The Bertz CT molecular complexity index is 572. The molecule has 2 aromatic carbocycles. The predicted octanol–water partition coefficient (Wildman–Crippen LogP) is -0.953. The molecule has 0 aromatic heterocycles. The van der Waals surface area contributed by atoms with Gasteiger partial charge in [0.25, 0.3) is 0 Å². The van der Waals surface area contributed by atoms with Crippen molar-refractivity contribution < 1.29 is 71.4 Å². The zero-order valence-electron chi connectivity index (χ0n) is 10.7. The first-order valence-electron chi connectivity index (χ1n) is 4.83. The molecule has 2 N–H and O–H groups in total. The van der Waals surface area contributed by atoms with Gasteiger partial charge in [-0.15, -0.1) is 0 Å². The second-order valence-electron chi connectivity index (χ2n) is 3.49. The van der Waals surface area contributed by atoms with E-state index in [9.17, 15) is 8.42 Å². The Balaban J connectivity index is 0.00000162. The fraction of sp³-hybridized carbons (Fsp3) is 0. The average Bonchev–Trinajstić information content (AvgIpc) is 2.30. The Morgan fingerprint density at radius 1 is 0.722 bits per heavy atom. The van der Waals surface area contributed by atoms with Crippen LogP contribution in [-0.2, 0) is 9.84 Å². The number of rotatable bonds is 2. The molecule has 4 nitrogen and oxygen atoms in total. The van der Waals surface area contributed by atoms with E-state index >= 15 is 0 Å². The second kappa shape index (κ2) is 6.18. The molecule has 0 unspecified atom stereocenters. The summed E-state index contributed by atoms with van der Waals surface area (Å²) in [6, 6.07) is 10.6. The Labute approximate surface area is 149 Å². The molecule has 0 saturated carbocycles. The van der Waals surface area contributed by atoms with Crippen LogP contribution in [0.4, 0.5) is 0 Å². The zero-order valence-corrected chi connectivity index (χ0v) is 13.7. The first-order chi connectivity index (χ1) is 8.00. The molecule has 0 radical (unpaired) electrons. The number of benzene rings is 2. The third-order valence-electron chi connectivity index (χ3n) is 2.29. The van der Waals surface area contributed by atoms with E-state index in [0.29, 0.717) is 0 Å². The minimum Gasteiger partial charge on any atom is -1.00 e. The van der Waals surface area contributed by atoms with Gasteiger partial charge >= 0.3 is 51.4 Å². The minimum atomic E-state index is -3.59. The van der Waals surface area contributed by atoms with Crippen molar-refractivity contribution >= 4 is 9.84 Å². The molecule has 2 rings (SSSR count). The number of hydrogen-bond acceptors (Lipinski definition) is 4. The van der Waals surface area contributed by atoms with E-state index in [1.54, 1.807) is 0 Å². The van der Waals surface area contributed by atoms with Crippen molar-refractivity contribution in [3.8, 4) is 11.5 Å². The van der Waals surface area contributed by atoms with Crippen LogP contribution in [0.15, 0.2) is 58.3 Å². The van der Waals surface area contributed by atoms with Gasteiger partial charge in [0, 0.05) is 0 Å². The first-order valence-corrected chi connectivity index (χ1v) is 6.31. The standard InChI is InChI=1S/C12H10O4S.K.H/c13-9-1-5-11(6-2-9)17(15,16)12-7-3-10(14)4-8-12;;/h1-8,13-14H;;/q;+1;-1. The summed E-state index contributed by atoms with van der Waals surface area (Å²) in [7, 11) is -3.59. The second-order valence-corrected chi connectivity index (χ2v) is 5.44. The summed E-state index contributed by atoms with van der Waals surface area (Å²) in [6.07, 6.45) is 0. The number of aromatic hydroxyl groups is 2. The summed E-state index contributed by atoms with van der Waals surface area (Å²) in [4.78, 5) is 0.196. The van der Waals surface area contributed by atoms with Crippen molar-refractivity contribution in [2.75, 3.05) is 0 Å². The molecule has 0 aliphatic heterocycles. The van der Waals surface area contributed by atoms with Crippen LogP contribution in [-0.4, -0.2) is 18.6 Å². The maximum atomic E-state index is 12.1. The molecule has 0 heterocycles. The van der Waals surface area contributed by atoms with Gasteiger partial charge in [0.1, 0.15) is 11.5 Å². The molecule has 0 aliphatic rings. The monoisotopic (exact) mass is 290 g/mol. The summed E-state index contributed by atoms with van der Waals surface area (Å²) in [5.41, 5.74) is 0. The minimum absolute atomic E-state index is 0. The molecule has 0 fully saturated rings. The van der Waals surface area contributed by atoms with Gasteiger partial charge in [-0.2, -0.15) is 0 Å². The molecule has 0 bridgehead atoms. The largest absolute Gasteiger partial charge is 1.00 e. The molecule has 0 saturated heterocycles. The van der Waals surface area contributed by atoms with E-state index in [1.165, 1.54) is 48.5 Å². The molecule has 0 amide bonds. The topological polar surface area (TPSA) is 74.6 Å². The van der Waals surface area contributed by atoms with E-state index in [2.05, 4.69) is 0 Å². The van der Waals surface area contributed by atoms with E-state index in [0.717, 1.165) is 0 Å². The van der Waals surface area contributed by atoms with Crippen molar-refractivity contribution in [2.45, 2.75) is 9.79 Å². The van der Waals surface area contributed by atoms with Crippen LogP contribution in [0.2, 0.25) is 0 Å². The van der Waals surface area contributed by atoms with Gasteiger partial charge in [-0.1, -0.05) is 0 Å². The smallest absolute Gasteiger partial charge is 1.00 e. The summed E-state index contributed by atoms with van der Waals surface area (Å²) < 4.78 is 24.2. The Kier molecular flexibility index (Phi) is 5.39. The number of phenolic OH excluding ortho intramolecular Hbond substituents is 2. The molecule has 0 atom stereocenters. The van der Waals surface area contributed by atoms with Gasteiger partial charge < -0.3 is 11.6 Å². The molecule has 0 aliphatic carbocycles. The van der Waals surface area contributed by atoms with Crippen LogP contribution < -0.4 is 51.4 Å². The van der Waals surface area contributed by atoms with E-state index in [-0.39, 0.29) is 74.1 Å². The van der Waals surface area contributed by atoms with Crippen molar-refractivity contribution in [1.29, 1.82) is 0 Å². The number of hydrogen-bond donors (Lipinski definition) is 2. The molecule has 2 aromatic rings. The van der Waals surface area contributed by atoms with Crippen LogP contribution in [0.1, 0.15) is 1.43 Å². The normalized spacial score (nSPS) is 10.7. The van der Waals surface area contributed by atoms with Gasteiger partial charge in [0.2, 0.25) is 9.84 Å². The van der Waals surface area contributed by atoms with Gasteiger partial charge in [-0.25, -0.2) is 8.42 Å². The van der Waals surface area contributed by atoms with Crippen LogP contribution >= 0.6 is 0 Å². The third kappa shape index (κ3) is 3.34. The predicted molar refractivity (Wildman–Crippen MR) is 62.8 cm³/mol. The summed E-state index contributed by atoms with van der Waals surface area (Å²) in [6.45, 7) is 0. The maximum absolute atomic E-state index is 12.1. The maximum Gasteiger partial charge on any atom is 1.00 e. The van der Waals surface area contributed by atoms with Gasteiger partial charge in [0.15, 0.2) is 0 Å². The SMILES string of the molecule is O=S(=O)(c1ccc(O)cc1)c1ccc(O)cc1.[H-].[K+]. The van der Waals surface area contributed by atoms with Crippen molar-refractivity contribution in [3.05, 3.63) is 48.5 Å². The Morgan fingerprint density at radius 3 is 1.28 bits per heavy atom. The summed E-state index contributed by atoms with van der Waals surface area (Å²) in [5.74, 6) is 0.0179. The van der Waals surface area contributed by atoms with E-state index in [1.807, 2.05) is 0 Å².